The second kappa shape index (κ2) is 6.04. The standard InChI is InChI=1S/C12H18ClFN2/c1-4-5-9(2)16(3)12-10(7-13)6-11(14)8-15-12/h6,8-9H,4-5,7H2,1-3H3. The molecule has 0 spiro atoms. The molecule has 90 valence electrons. The Morgan fingerprint density at radius 1 is 1.56 bits per heavy atom. The second-order valence-electron chi connectivity index (χ2n) is 4.02. The lowest BCUT2D eigenvalue weighted by molar-refractivity contribution is 0.599. The Morgan fingerprint density at radius 2 is 2.25 bits per heavy atom. The summed E-state index contributed by atoms with van der Waals surface area (Å²) in [7, 11) is 1.97. The predicted molar refractivity (Wildman–Crippen MR) is 66.5 cm³/mol. The van der Waals surface area contributed by atoms with Crippen molar-refractivity contribution in [3.05, 3.63) is 23.6 Å². The van der Waals surface area contributed by atoms with Gasteiger partial charge in [0.05, 0.1) is 12.1 Å². The average molecular weight is 245 g/mol. The van der Waals surface area contributed by atoms with Gasteiger partial charge in [0.2, 0.25) is 0 Å². The highest BCUT2D eigenvalue weighted by Gasteiger charge is 2.14. The van der Waals surface area contributed by atoms with Gasteiger partial charge < -0.3 is 4.90 Å². The third kappa shape index (κ3) is 3.08. The van der Waals surface area contributed by atoms with Crippen molar-refractivity contribution >= 4 is 17.4 Å². The molecule has 0 aliphatic carbocycles. The fourth-order valence-electron chi connectivity index (χ4n) is 1.71. The highest BCUT2D eigenvalue weighted by Crippen LogP contribution is 2.22. The van der Waals surface area contributed by atoms with Gasteiger partial charge >= 0.3 is 0 Å². The Bertz CT molecular complexity index is 344. The SMILES string of the molecule is CCCC(C)N(C)c1ncc(F)cc1CCl. The van der Waals surface area contributed by atoms with Crippen molar-refractivity contribution in [2.24, 2.45) is 0 Å². The molecule has 0 amide bonds. The molecule has 0 aliphatic heterocycles. The van der Waals surface area contributed by atoms with E-state index in [4.69, 9.17) is 11.6 Å². The lowest BCUT2D eigenvalue weighted by Gasteiger charge is -2.27. The summed E-state index contributed by atoms with van der Waals surface area (Å²) in [5.41, 5.74) is 0.743. The van der Waals surface area contributed by atoms with Crippen LogP contribution in [0.1, 0.15) is 32.3 Å². The summed E-state index contributed by atoms with van der Waals surface area (Å²) in [5.74, 6) is 0.719. The first-order valence-corrected chi connectivity index (χ1v) is 6.06. The largest absolute Gasteiger partial charge is 0.357 e. The molecule has 0 saturated heterocycles. The van der Waals surface area contributed by atoms with Gasteiger partial charge in [0.1, 0.15) is 11.6 Å². The Hall–Kier alpha value is -0.830. The molecule has 1 atom stereocenters. The van der Waals surface area contributed by atoms with Crippen molar-refractivity contribution in [3.8, 4) is 0 Å². The van der Waals surface area contributed by atoms with E-state index < -0.39 is 0 Å². The van der Waals surface area contributed by atoms with Gasteiger partial charge in [0, 0.05) is 18.7 Å². The van der Waals surface area contributed by atoms with Crippen LogP contribution in [0.3, 0.4) is 0 Å². The molecule has 1 unspecified atom stereocenters. The summed E-state index contributed by atoms with van der Waals surface area (Å²) in [6.07, 6.45) is 3.43. The molecule has 0 bridgehead atoms. The molecule has 1 aromatic rings. The summed E-state index contributed by atoms with van der Waals surface area (Å²) >= 11 is 5.80. The fourth-order valence-corrected chi connectivity index (χ4v) is 1.91. The third-order valence-corrected chi connectivity index (χ3v) is 3.04. The van der Waals surface area contributed by atoms with E-state index in [0.29, 0.717) is 6.04 Å². The molecular weight excluding hydrogens is 227 g/mol. The quantitative estimate of drug-likeness (QED) is 0.736. The zero-order valence-electron chi connectivity index (χ0n) is 10.0. The third-order valence-electron chi connectivity index (χ3n) is 2.76. The van der Waals surface area contributed by atoms with Crippen LogP contribution in [0.2, 0.25) is 0 Å². The van der Waals surface area contributed by atoms with Crippen LogP contribution in [0.15, 0.2) is 12.3 Å². The van der Waals surface area contributed by atoms with E-state index >= 15 is 0 Å². The molecule has 0 aromatic carbocycles. The van der Waals surface area contributed by atoms with Gasteiger partial charge in [-0.1, -0.05) is 13.3 Å². The monoisotopic (exact) mass is 244 g/mol. The normalized spacial score (nSPS) is 12.6. The Labute approximate surface area is 101 Å². The summed E-state index contributed by atoms with van der Waals surface area (Å²) in [6, 6.07) is 1.83. The van der Waals surface area contributed by atoms with E-state index in [1.807, 2.05) is 7.05 Å². The summed E-state index contributed by atoms with van der Waals surface area (Å²) < 4.78 is 13.0. The number of anilines is 1. The van der Waals surface area contributed by atoms with Crippen molar-refractivity contribution in [3.63, 3.8) is 0 Å². The first-order valence-electron chi connectivity index (χ1n) is 5.53. The van der Waals surface area contributed by atoms with Crippen molar-refractivity contribution in [1.29, 1.82) is 0 Å². The molecule has 0 fully saturated rings. The van der Waals surface area contributed by atoms with Crippen molar-refractivity contribution in [2.75, 3.05) is 11.9 Å². The summed E-state index contributed by atoms with van der Waals surface area (Å²) in [5, 5.41) is 0. The Morgan fingerprint density at radius 3 is 2.81 bits per heavy atom. The zero-order valence-corrected chi connectivity index (χ0v) is 10.8. The van der Waals surface area contributed by atoms with E-state index in [9.17, 15) is 4.39 Å². The molecule has 1 aromatic heterocycles. The highest BCUT2D eigenvalue weighted by molar-refractivity contribution is 6.17. The molecule has 1 rings (SSSR count). The summed E-state index contributed by atoms with van der Waals surface area (Å²) in [4.78, 5) is 6.17. The highest BCUT2D eigenvalue weighted by atomic mass is 35.5. The van der Waals surface area contributed by atoms with Gasteiger partial charge in [-0.2, -0.15) is 0 Å². The number of rotatable bonds is 5. The number of alkyl halides is 1. The van der Waals surface area contributed by atoms with E-state index in [0.717, 1.165) is 24.2 Å². The number of halogens is 2. The van der Waals surface area contributed by atoms with Gasteiger partial charge in [-0.3, -0.25) is 0 Å². The van der Waals surface area contributed by atoms with Crippen molar-refractivity contribution in [2.45, 2.75) is 38.6 Å². The molecule has 0 aliphatic rings. The summed E-state index contributed by atoms with van der Waals surface area (Å²) in [6.45, 7) is 4.28. The van der Waals surface area contributed by atoms with Gasteiger partial charge in [-0.15, -0.1) is 11.6 Å². The number of hydrogen-bond donors (Lipinski definition) is 0. The first-order chi connectivity index (χ1) is 7.60. The van der Waals surface area contributed by atoms with Crippen molar-refractivity contribution in [1.82, 2.24) is 4.98 Å². The fraction of sp³-hybridized carbons (Fsp3) is 0.583. The molecule has 0 N–H and O–H groups in total. The van der Waals surface area contributed by atoms with Crippen LogP contribution in [0, 0.1) is 5.82 Å². The van der Waals surface area contributed by atoms with Gasteiger partial charge in [0.15, 0.2) is 0 Å². The van der Waals surface area contributed by atoms with E-state index in [-0.39, 0.29) is 11.7 Å². The number of nitrogens with zero attached hydrogens (tertiary/aromatic N) is 2. The molecule has 1 heterocycles. The maximum atomic E-state index is 13.0. The smallest absolute Gasteiger partial charge is 0.141 e. The van der Waals surface area contributed by atoms with Crippen LogP contribution >= 0.6 is 11.6 Å². The minimum Gasteiger partial charge on any atom is -0.357 e. The van der Waals surface area contributed by atoms with Crippen LogP contribution < -0.4 is 4.90 Å². The topological polar surface area (TPSA) is 16.1 Å². The van der Waals surface area contributed by atoms with Gasteiger partial charge in [0.25, 0.3) is 0 Å². The second-order valence-corrected chi connectivity index (χ2v) is 4.29. The minimum atomic E-state index is -0.337. The molecule has 4 heteroatoms. The van der Waals surface area contributed by atoms with Crippen LogP contribution in [0.25, 0.3) is 0 Å². The van der Waals surface area contributed by atoms with Gasteiger partial charge in [-0.05, 0) is 19.4 Å². The van der Waals surface area contributed by atoms with Crippen molar-refractivity contribution < 1.29 is 4.39 Å². The molecule has 0 radical (unpaired) electrons. The maximum Gasteiger partial charge on any atom is 0.141 e. The number of hydrogen-bond acceptors (Lipinski definition) is 2. The lowest BCUT2D eigenvalue weighted by atomic mass is 10.1. The van der Waals surface area contributed by atoms with Crippen LogP contribution in [-0.4, -0.2) is 18.1 Å². The molecule has 2 nitrogen and oxygen atoms in total. The first kappa shape index (κ1) is 13.2. The maximum absolute atomic E-state index is 13.0. The van der Waals surface area contributed by atoms with Crippen LogP contribution in [-0.2, 0) is 5.88 Å². The zero-order chi connectivity index (χ0) is 12.1. The predicted octanol–water partition coefficient (Wildman–Crippen LogP) is 3.58. The van der Waals surface area contributed by atoms with Crippen LogP contribution in [0.4, 0.5) is 10.2 Å². The molecular formula is C12H18ClFN2. The van der Waals surface area contributed by atoms with E-state index in [1.165, 1.54) is 12.3 Å². The minimum absolute atomic E-state index is 0.281. The Kier molecular flexibility index (Phi) is 5.00. The molecule has 16 heavy (non-hydrogen) atoms. The lowest BCUT2D eigenvalue weighted by Crippen LogP contribution is -2.30. The van der Waals surface area contributed by atoms with Gasteiger partial charge in [-0.25, -0.2) is 9.37 Å². The van der Waals surface area contributed by atoms with Crippen LogP contribution in [0.5, 0.6) is 0 Å². The van der Waals surface area contributed by atoms with E-state index in [1.54, 1.807) is 0 Å². The average Bonchev–Trinajstić information content (AvgIpc) is 2.28. The Balaban J connectivity index is 2.93. The van der Waals surface area contributed by atoms with E-state index in [2.05, 4.69) is 23.7 Å². The number of pyridine rings is 1. The number of aromatic nitrogens is 1. The molecule has 0 saturated carbocycles.